The number of aryl methyl sites for hydroxylation is 1. The largest absolute Gasteiger partial charge is 0.368 e. The molecule has 1 saturated carbocycles. The summed E-state index contributed by atoms with van der Waals surface area (Å²) in [4.78, 5) is 36.0. The lowest BCUT2D eigenvalue weighted by molar-refractivity contribution is 0.0748. The Hall–Kier alpha value is -2.74. The highest BCUT2D eigenvalue weighted by Crippen LogP contribution is 2.31. The van der Waals surface area contributed by atoms with Gasteiger partial charge >= 0.3 is 0 Å². The van der Waals surface area contributed by atoms with Gasteiger partial charge in [0, 0.05) is 42.8 Å². The fourth-order valence-electron chi connectivity index (χ4n) is 4.94. The van der Waals surface area contributed by atoms with E-state index >= 15 is 0 Å². The lowest BCUT2D eigenvalue weighted by atomic mass is 9.95. The minimum Gasteiger partial charge on any atom is -0.368 e. The molecular weight excluding hydrogens is 427 g/mol. The Balaban J connectivity index is 1.37. The van der Waals surface area contributed by atoms with Crippen LogP contribution in [0.25, 0.3) is 10.2 Å². The van der Waals surface area contributed by atoms with Gasteiger partial charge in [0.2, 0.25) is 0 Å². The number of rotatable bonds is 3. The molecule has 0 spiro atoms. The van der Waals surface area contributed by atoms with E-state index in [1.165, 1.54) is 29.9 Å². The molecule has 6 nitrogen and oxygen atoms in total. The third-order valence-electron chi connectivity index (χ3n) is 6.74. The molecule has 3 heterocycles. The smallest absolute Gasteiger partial charge is 0.271 e. The Morgan fingerprint density at radius 1 is 1.06 bits per heavy atom. The van der Waals surface area contributed by atoms with Crippen molar-refractivity contribution in [3.8, 4) is 0 Å². The van der Waals surface area contributed by atoms with Gasteiger partial charge in [-0.3, -0.25) is 14.2 Å². The summed E-state index contributed by atoms with van der Waals surface area (Å²) >= 11 is 1.39. The summed E-state index contributed by atoms with van der Waals surface area (Å²) < 4.78 is 15.6. The van der Waals surface area contributed by atoms with Crippen LogP contribution in [0.1, 0.15) is 53.4 Å². The van der Waals surface area contributed by atoms with Gasteiger partial charge in [0.05, 0.1) is 11.9 Å². The minimum absolute atomic E-state index is 0.0184. The number of thiophene rings is 1. The molecule has 5 rings (SSSR count). The number of halogens is 1. The highest BCUT2D eigenvalue weighted by Gasteiger charge is 2.28. The molecule has 0 unspecified atom stereocenters. The van der Waals surface area contributed by atoms with E-state index in [2.05, 4.69) is 9.88 Å². The van der Waals surface area contributed by atoms with Crippen molar-refractivity contribution in [1.82, 2.24) is 14.5 Å². The standard InChI is InChI=1S/C24H27FN4O2S/c1-16-20(21-22(32-16)24(31)29(15-26-21)19-5-3-2-4-6-19)23(30)28-13-11-27(12-14-28)18-9-7-17(25)8-10-18/h7-10,15,19H,2-6,11-14H2,1H3. The van der Waals surface area contributed by atoms with E-state index in [1.54, 1.807) is 23.0 Å². The van der Waals surface area contributed by atoms with Crippen molar-refractivity contribution in [2.75, 3.05) is 31.1 Å². The van der Waals surface area contributed by atoms with Gasteiger partial charge in [0.1, 0.15) is 16.0 Å². The Kier molecular flexibility index (Phi) is 5.71. The van der Waals surface area contributed by atoms with Gasteiger partial charge < -0.3 is 9.80 Å². The first-order chi connectivity index (χ1) is 15.5. The molecular formula is C24H27FN4O2S. The van der Waals surface area contributed by atoms with E-state index < -0.39 is 0 Å². The van der Waals surface area contributed by atoms with Crippen molar-refractivity contribution in [1.29, 1.82) is 0 Å². The summed E-state index contributed by atoms with van der Waals surface area (Å²) in [6.07, 6.45) is 7.20. The average Bonchev–Trinajstić information content (AvgIpc) is 3.17. The number of carbonyl (C=O) groups excluding carboxylic acids is 1. The summed E-state index contributed by atoms with van der Waals surface area (Å²) in [6, 6.07) is 6.67. The summed E-state index contributed by atoms with van der Waals surface area (Å²) in [5, 5.41) is 0. The van der Waals surface area contributed by atoms with Crippen molar-refractivity contribution < 1.29 is 9.18 Å². The molecule has 3 aromatic rings. The molecule has 32 heavy (non-hydrogen) atoms. The van der Waals surface area contributed by atoms with Crippen molar-refractivity contribution in [2.45, 2.75) is 45.1 Å². The fraction of sp³-hybridized carbons (Fsp3) is 0.458. The molecule has 1 saturated heterocycles. The Bertz CT molecular complexity index is 1190. The number of hydrogen-bond donors (Lipinski definition) is 0. The first kappa shape index (κ1) is 21.1. The molecule has 0 radical (unpaired) electrons. The van der Waals surface area contributed by atoms with Crippen LogP contribution in [0.2, 0.25) is 0 Å². The van der Waals surface area contributed by atoms with Gasteiger partial charge in [-0.25, -0.2) is 9.37 Å². The van der Waals surface area contributed by atoms with Crippen molar-refractivity contribution in [2.24, 2.45) is 0 Å². The summed E-state index contributed by atoms with van der Waals surface area (Å²) in [5.74, 6) is -0.313. The van der Waals surface area contributed by atoms with Crippen LogP contribution in [-0.4, -0.2) is 46.5 Å². The van der Waals surface area contributed by atoms with Crippen molar-refractivity contribution in [3.63, 3.8) is 0 Å². The number of anilines is 1. The normalized spacial score (nSPS) is 17.8. The predicted molar refractivity (Wildman–Crippen MR) is 125 cm³/mol. The zero-order valence-electron chi connectivity index (χ0n) is 18.2. The number of piperazine rings is 1. The number of hydrogen-bond acceptors (Lipinski definition) is 5. The average molecular weight is 455 g/mol. The van der Waals surface area contributed by atoms with E-state index in [0.717, 1.165) is 36.2 Å². The highest BCUT2D eigenvalue weighted by molar-refractivity contribution is 7.19. The molecule has 1 aliphatic carbocycles. The minimum atomic E-state index is -0.252. The molecule has 1 amide bonds. The zero-order valence-corrected chi connectivity index (χ0v) is 19.0. The van der Waals surface area contributed by atoms with Gasteiger partial charge in [-0.1, -0.05) is 19.3 Å². The highest BCUT2D eigenvalue weighted by atomic mass is 32.1. The van der Waals surface area contributed by atoms with E-state index in [9.17, 15) is 14.0 Å². The second kappa shape index (κ2) is 8.65. The van der Waals surface area contributed by atoms with Gasteiger partial charge in [-0.15, -0.1) is 11.3 Å². The van der Waals surface area contributed by atoms with Crippen molar-refractivity contribution in [3.05, 3.63) is 57.2 Å². The molecule has 2 fully saturated rings. The topological polar surface area (TPSA) is 58.4 Å². The van der Waals surface area contributed by atoms with Gasteiger partial charge in [0.25, 0.3) is 11.5 Å². The number of benzene rings is 1. The van der Waals surface area contributed by atoms with Gasteiger partial charge in [-0.05, 0) is 44.0 Å². The number of carbonyl (C=O) groups is 1. The van der Waals surface area contributed by atoms with Crippen LogP contribution in [0.5, 0.6) is 0 Å². The number of fused-ring (bicyclic) bond motifs is 1. The molecule has 1 aromatic carbocycles. The third kappa shape index (κ3) is 3.81. The molecule has 0 bridgehead atoms. The second-order valence-electron chi connectivity index (χ2n) is 8.72. The maximum atomic E-state index is 13.4. The van der Waals surface area contributed by atoms with Crippen LogP contribution in [0.4, 0.5) is 10.1 Å². The van der Waals surface area contributed by atoms with E-state index in [0.29, 0.717) is 42.0 Å². The van der Waals surface area contributed by atoms with Crippen LogP contribution in [0, 0.1) is 12.7 Å². The summed E-state index contributed by atoms with van der Waals surface area (Å²) in [7, 11) is 0. The predicted octanol–water partition coefficient (Wildman–Crippen LogP) is 4.37. The third-order valence-corrected chi connectivity index (χ3v) is 7.82. The molecule has 2 aliphatic rings. The van der Waals surface area contributed by atoms with E-state index in [1.807, 2.05) is 11.8 Å². The first-order valence-electron chi connectivity index (χ1n) is 11.3. The van der Waals surface area contributed by atoms with Gasteiger partial charge in [-0.2, -0.15) is 0 Å². The molecule has 2 aromatic heterocycles. The molecule has 0 atom stereocenters. The Labute approximate surface area is 190 Å². The number of amides is 1. The lowest BCUT2D eigenvalue weighted by Gasteiger charge is -2.36. The van der Waals surface area contributed by atoms with Crippen LogP contribution >= 0.6 is 11.3 Å². The maximum absolute atomic E-state index is 13.4. The SMILES string of the molecule is Cc1sc2c(=O)n(C3CCCCC3)cnc2c1C(=O)N1CCN(c2ccc(F)cc2)CC1. The quantitative estimate of drug-likeness (QED) is 0.590. The first-order valence-corrected chi connectivity index (χ1v) is 12.1. The number of nitrogens with zero attached hydrogens (tertiary/aromatic N) is 4. The molecule has 168 valence electrons. The zero-order chi connectivity index (χ0) is 22.2. The van der Waals surface area contributed by atoms with E-state index in [4.69, 9.17) is 0 Å². The summed E-state index contributed by atoms with van der Waals surface area (Å²) in [5.41, 5.74) is 2.04. The van der Waals surface area contributed by atoms with Crippen LogP contribution < -0.4 is 10.5 Å². The molecule has 8 heteroatoms. The molecule has 0 N–H and O–H groups in total. The monoisotopic (exact) mass is 454 g/mol. The van der Waals surface area contributed by atoms with Crippen LogP contribution in [0.15, 0.2) is 35.4 Å². The van der Waals surface area contributed by atoms with Crippen molar-refractivity contribution >= 4 is 33.1 Å². The Morgan fingerprint density at radius 3 is 2.44 bits per heavy atom. The number of aromatic nitrogens is 2. The van der Waals surface area contributed by atoms with Gasteiger partial charge in [0.15, 0.2) is 0 Å². The van der Waals surface area contributed by atoms with E-state index in [-0.39, 0.29) is 23.3 Å². The maximum Gasteiger partial charge on any atom is 0.271 e. The summed E-state index contributed by atoms with van der Waals surface area (Å²) in [6.45, 7) is 4.41. The van der Waals surface area contributed by atoms with Crippen LogP contribution in [0.3, 0.4) is 0 Å². The molecule has 1 aliphatic heterocycles. The Morgan fingerprint density at radius 2 is 1.75 bits per heavy atom. The van der Waals surface area contributed by atoms with Crippen LogP contribution in [-0.2, 0) is 0 Å². The second-order valence-corrected chi connectivity index (χ2v) is 9.94. The lowest BCUT2D eigenvalue weighted by Crippen LogP contribution is -2.48. The fourth-order valence-corrected chi connectivity index (χ4v) is 5.98.